The highest BCUT2D eigenvalue weighted by Crippen LogP contribution is 2.13. The van der Waals surface area contributed by atoms with E-state index in [9.17, 15) is 14.7 Å². The molecule has 0 aliphatic carbocycles. The lowest BCUT2D eigenvalue weighted by Gasteiger charge is -2.24. The molecule has 1 heterocycles. The molecule has 2 unspecified atom stereocenters. The van der Waals surface area contributed by atoms with Crippen LogP contribution in [0.5, 0.6) is 0 Å². The fourth-order valence-corrected chi connectivity index (χ4v) is 2.25. The highest BCUT2D eigenvalue weighted by atomic mass is 16.3. The summed E-state index contributed by atoms with van der Waals surface area (Å²) >= 11 is 0. The fourth-order valence-electron chi connectivity index (χ4n) is 2.25. The van der Waals surface area contributed by atoms with Crippen molar-refractivity contribution in [3.05, 3.63) is 0 Å². The van der Waals surface area contributed by atoms with Gasteiger partial charge in [0.2, 0.25) is 5.91 Å². The van der Waals surface area contributed by atoms with Crippen LogP contribution in [0.2, 0.25) is 0 Å². The molecule has 0 spiro atoms. The predicted octanol–water partition coefficient (Wildman–Crippen LogP) is -0.0302. The molecular weight excluding hydrogens is 258 g/mol. The van der Waals surface area contributed by atoms with Crippen LogP contribution in [0.25, 0.3) is 0 Å². The predicted molar refractivity (Wildman–Crippen MR) is 76.8 cm³/mol. The average molecular weight is 285 g/mol. The number of hydrogen-bond acceptors (Lipinski definition) is 4. The zero-order chi connectivity index (χ0) is 15.3. The number of carbonyl (C=O) groups excluding carboxylic acids is 2. The summed E-state index contributed by atoms with van der Waals surface area (Å²) < 4.78 is 0. The Morgan fingerprint density at radius 1 is 1.35 bits per heavy atom. The van der Waals surface area contributed by atoms with Crippen molar-refractivity contribution in [3.63, 3.8) is 0 Å². The lowest BCUT2D eigenvalue weighted by molar-refractivity contribution is -0.127. The summed E-state index contributed by atoms with van der Waals surface area (Å²) in [4.78, 5) is 24.0. The minimum Gasteiger partial charge on any atom is -0.394 e. The second-order valence-electron chi connectivity index (χ2n) is 5.65. The van der Waals surface area contributed by atoms with Gasteiger partial charge in [-0.25, -0.2) is 0 Å². The monoisotopic (exact) mass is 285 g/mol. The van der Waals surface area contributed by atoms with E-state index in [0.717, 1.165) is 12.8 Å². The molecule has 0 aromatic heterocycles. The Labute approximate surface area is 120 Å². The summed E-state index contributed by atoms with van der Waals surface area (Å²) in [6.07, 6.45) is 1.02. The van der Waals surface area contributed by atoms with E-state index in [0.29, 0.717) is 0 Å². The molecule has 20 heavy (non-hydrogen) atoms. The van der Waals surface area contributed by atoms with Gasteiger partial charge in [0.05, 0.1) is 18.7 Å². The van der Waals surface area contributed by atoms with Crippen molar-refractivity contribution in [1.29, 1.82) is 0 Å². The SMILES string of the molecule is CC[C@H](C)C(CO)NC(=O)C1NC(=O)[C@H]([C@@H](C)CC)N1. The Balaban J connectivity index is 2.59. The van der Waals surface area contributed by atoms with Crippen molar-refractivity contribution in [2.75, 3.05) is 6.61 Å². The third-order valence-electron chi connectivity index (χ3n) is 4.25. The number of amides is 2. The smallest absolute Gasteiger partial charge is 0.257 e. The number of rotatable bonds is 7. The van der Waals surface area contributed by atoms with Crippen molar-refractivity contribution < 1.29 is 14.7 Å². The van der Waals surface area contributed by atoms with Crippen LogP contribution in [0.1, 0.15) is 40.5 Å². The van der Waals surface area contributed by atoms with Crippen LogP contribution in [0.4, 0.5) is 0 Å². The lowest BCUT2D eigenvalue weighted by atomic mass is 9.99. The van der Waals surface area contributed by atoms with Crippen molar-refractivity contribution in [2.45, 2.75) is 58.8 Å². The van der Waals surface area contributed by atoms with Crippen molar-refractivity contribution in [2.24, 2.45) is 11.8 Å². The van der Waals surface area contributed by atoms with E-state index < -0.39 is 6.17 Å². The topological polar surface area (TPSA) is 90.5 Å². The van der Waals surface area contributed by atoms with Crippen LogP contribution in [0, 0.1) is 11.8 Å². The number of nitrogens with one attached hydrogen (secondary N) is 3. The van der Waals surface area contributed by atoms with Crippen LogP contribution in [0.3, 0.4) is 0 Å². The van der Waals surface area contributed by atoms with Crippen molar-refractivity contribution in [1.82, 2.24) is 16.0 Å². The van der Waals surface area contributed by atoms with Gasteiger partial charge in [0, 0.05) is 0 Å². The van der Waals surface area contributed by atoms with Crippen molar-refractivity contribution in [3.8, 4) is 0 Å². The van der Waals surface area contributed by atoms with E-state index in [4.69, 9.17) is 0 Å². The maximum atomic E-state index is 12.1. The molecule has 0 aromatic carbocycles. The minimum atomic E-state index is -0.709. The molecule has 0 radical (unpaired) electrons. The summed E-state index contributed by atoms with van der Waals surface area (Å²) in [5, 5.41) is 17.8. The summed E-state index contributed by atoms with van der Waals surface area (Å²) in [5.74, 6) is -0.0606. The summed E-state index contributed by atoms with van der Waals surface area (Å²) in [5.41, 5.74) is 0. The van der Waals surface area contributed by atoms with Crippen LogP contribution < -0.4 is 16.0 Å². The highest BCUT2D eigenvalue weighted by molar-refractivity contribution is 5.93. The van der Waals surface area contributed by atoms with Crippen molar-refractivity contribution >= 4 is 11.8 Å². The van der Waals surface area contributed by atoms with Gasteiger partial charge in [-0.2, -0.15) is 0 Å². The molecule has 1 rings (SSSR count). The number of aliphatic hydroxyl groups is 1. The Hall–Kier alpha value is -1.14. The van der Waals surface area contributed by atoms with E-state index in [-0.39, 0.29) is 42.3 Å². The standard InChI is InChI=1S/C14H27N3O3/c1-5-8(3)10(7-18)15-14(20)12-16-11(9(4)6-2)13(19)17-12/h8-12,16,18H,5-7H2,1-4H3,(H,15,20)(H,17,19)/t8-,9-,10?,11-,12?/m0/s1. The molecule has 0 aromatic rings. The summed E-state index contributed by atoms with van der Waals surface area (Å²) in [6, 6.07) is -0.610. The summed E-state index contributed by atoms with van der Waals surface area (Å²) in [6.45, 7) is 7.87. The molecule has 1 aliphatic heterocycles. The molecule has 6 heteroatoms. The molecule has 4 N–H and O–H groups in total. The van der Waals surface area contributed by atoms with E-state index >= 15 is 0 Å². The van der Waals surface area contributed by atoms with Crippen LogP contribution >= 0.6 is 0 Å². The molecule has 1 saturated heterocycles. The zero-order valence-corrected chi connectivity index (χ0v) is 12.8. The first kappa shape index (κ1) is 16.9. The first-order chi connectivity index (χ1) is 9.44. The largest absolute Gasteiger partial charge is 0.394 e. The normalized spacial score (nSPS) is 26.8. The Morgan fingerprint density at radius 2 is 2.00 bits per heavy atom. The Morgan fingerprint density at radius 3 is 2.50 bits per heavy atom. The second kappa shape index (κ2) is 7.59. The third-order valence-corrected chi connectivity index (χ3v) is 4.25. The molecule has 6 nitrogen and oxygen atoms in total. The van der Waals surface area contributed by atoms with Gasteiger partial charge in [-0.15, -0.1) is 0 Å². The van der Waals surface area contributed by atoms with Gasteiger partial charge >= 0.3 is 0 Å². The third kappa shape index (κ3) is 3.93. The van der Waals surface area contributed by atoms with Gasteiger partial charge < -0.3 is 15.7 Å². The molecule has 0 saturated carbocycles. The molecule has 116 valence electrons. The second-order valence-corrected chi connectivity index (χ2v) is 5.65. The average Bonchev–Trinajstić information content (AvgIpc) is 2.84. The van der Waals surface area contributed by atoms with Gasteiger partial charge in [-0.05, 0) is 11.8 Å². The summed E-state index contributed by atoms with van der Waals surface area (Å²) in [7, 11) is 0. The number of hydrogen-bond donors (Lipinski definition) is 4. The minimum absolute atomic E-state index is 0.101. The maximum absolute atomic E-state index is 12.1. The molecule has 5 atom stereocenters. The fraction of sp³-hybridized carbons (Fsp3) is 0.857. The van der Waals surface area contributed by atoms with Gasteiger partial charge in [0.15, 0.2) is 6.17 Å². The van der Waals surface area contributed by atoms with Gasteiger partial charge in [0.1, 0.15) is 0 Å². The molecule has 1 aliphatic rings. The number of aliphatic hydroxyl groups excluding tert-OH is 1. The van der Waals surface area contributed by atoms with Gasteiger partial charge in [-0.3, -0.25) is 14.9 Å². The Bertz CT molecular complexity index is 349. The molecular formula is C14H27N3O3. The first-order valence-electron chi connectivity index (χ1n) is 7.42. The highest BCUT2D eigenvalue weighted by Gasteiger charge is 2.38. The van der Waals surface area contributed by atoms with Gasteiger partial charge in [0.25, 0.3) is 5.91 Å². The van der Waals surface area contributed by atoms with Crippen LogP contribution in [-0.4, -0.2) is 41.8 Å². The zero-order valence-electron chi connectivity index (χ0n) is 12.8. The first-order valence-corrected chi connectivity index (χ1v) is 7.42. The molecule has 2 amide bonds. The quantitative estimate of drug-likeness (QED) is 0.529. The van der Waals surface area contributed by atoms with E-state index in [1.165, 1.54) is 0 Å². The van der Waals surface area contributed by atoms with Crippen LogP contribution in [0.15, 0.2) is 0 Å². The maximum Gasteiger partial charge on any atom is 0.257 e. The lowest BCUT2D eigenvalue weighted by Crippen LogP contribution is -2.53. The van der Waals surface area contributed by atoms with E-state index in [2.05, 4.69) is 16.0 Å². The molecule has 0 bridgehead atoms. The van der Waals surface area contributed by atoms with Crippen LogP contribution in [-0.2, 0) is 9.59 Å². The van der Waals surface area contributed by atoms with Gasteiger partial charge in [-0.1, -0.05) is 40.5 Å². The Kier molecular flexibility index (Phi) is 6.42. The van der Waals surface area contributed by atoms with E-state index in [1.54, 1.807) is 0 Å². The number of carbonyl (C=O) groups is 2. The van der Waals surface area contributed by atoms with E-state index in [1.807, 2.05) is 27.7 Å². The molecule has 1 fully saturated rings.